The Morgan fingerprint density at radius 2 is 1.73 bits per heavy atom. The fourth-order valence-corrected chi connectivity index (χ4v) is 4.77. The quantitative estimate of drug-likeness (QED) is 0.523. The summed E-state index contributed by atoms with van der Waals surface area (Å²) in [5, 5.41) is 4.16. The third-order valence-corrected chi connectivity index (χ3v) is 6.82. The first-order valence-electron chi connectivity index (χ1n) is 12.6. The largest absolute Gasteiger partial charge is 0.337 e. The molecule has 7 nitrogen and oxygen atoms in total. The van der Waals surface area contributed by atoms with Gasteiger partial charge in [0.1, 0.15) is 0 Å². The average molecular weight is 510 g/mol. The van der Waals surface area contributed by atoms with Crippen LogP contribution in [0.4, 0.5) is 14.5 Å². The highest BCUT2D eigenvalue weighted by Gasteiger charge is 2.24. The number of aromatic nitrogens is 2. The maximum Gasteiger partial charge on any atom is 0.223 e. The SMILES string of the molecule is CC(=O)N1CCCN(Cc2ccccc2)CCN(C(=O)CCc2ccnn2C)Cc2cc(F)c(F)cc21. The lowest BCUT2D eigenvalue weighted by Crippen LogP contribution is -2.38. The smallest absolute Gasteiger partial charge is 0.223 e. The molecule has 0 unspecified atom stereocenters. The Balaban J connectivity index is 1.63. The lowest BCUT2D eigenvalue weighted by molar-refractivity contribution is -0.132. The van der Waals surface area contributed by atoms with Gasteiger partial charge in [0.15, 0.2) is 11.6 Å². The summed E-state index contributed by atoms with van der Waals surface area (Å²) < 4.78 is 30.4. The molecule has 2 heterocycles. The minimum absolute atomic E-state index is 0.0830. The van der Waals surface area contributed by atoms with Crippen molar-refractivity contribution in [2.24, 2.45) is 7.05 Å². The van der Waals surface area contributed by atoms with Crippen molar-refractivity contribution in [1.82, 2.24) is 19.6 Å². The maximum absolute atomic E-state index is 14.3. The van der Waals surface area contributed by atoms with Crippen LogP contribution in [0.3, 0.4) is 0 Å². The van der Waals surface area contributed by atoms with Crippen LogP contribution in [-0.2, 0) is 36.1 Å². The van der Waals surface area contributed by atoms with Crippen LogP contribution < -0.4 is 4.90 Å². The van der Waals surface area contributed by atoms with Gasteiger partial charge in [-0.15, -0.1) is 0 Å². The van der Waals surface area contributed by atoms with Crippen LogP contribution in [-0.4, -0.2) is 57.6 Å². The molecule has 1 aliphatic rings. The Hall–Kier alpha value is -3.59. The molecule has 1 aliphatic heterocycles. The van der Waals surface area contributed by atoms with Crippen LogP contribution in [0.25, 0.3) is 0 Å². The summed E-state index contributed by atoms with van der Waals surface area (Å²) in [5.41, 5.74) is 2.82. The summed E-state index contributed by atoms with van der Waals surface area (Å²) in [5.74, 6) is -2.36. The third kappa shape index (κ3) is 6.80. The van der Waals surface area contributed by atoms with E-state index >= 15 is 0 Å². The van der Waals surface area contributed by atoms with Crippen molar-refractivity contribution >= 4 is 17.5 Å². The monoisotopic (exact) mass is 509 g/mol. The van der Waals surface area contributed by atoms with Crippen molar-refractivity contribution in [1.29, 1.82) is 0 Å². The van der Waals surface area contributed by atoms with Crippen LogP contribution in [0.1, 0.15) is 36.6 Å². The highest BCUT2D eigenvalue weighted by atomic mass is 19.2. The van der Waals surface area contributed by atoms with Crippen molar-refractivity contribution in [2.45, 2.75) is 39.3 Å². The molecule has 0 saturated carbocycles. The number of fused-ring (bicyclic) bond motifs is 1. The van der Waals surface area contributed by atoms with Crippen molar-refractivity contribution in [3.05, 3.63) is 83.2 Å². The van der Waals surface area contributed by atoms with E-state index in [-0.39, 0.29) is 24.8 Å². The van der Waals surface area contributed by atoms with Gasteiger partial charge in [-0.3, -0.25) is 19.2 Å². The van der Waals surface area contributed by atoms with Gasteiger partial charge in [0, 0.05) is 77.6 Å². The highest BCUT2D eigenvalue weighted by Crippen LogP contribution is 2.27. The van der Waals surface area contributed by atoms with E-state index in [4.69, 9.17) is 0 Å². The van der Waals surface area contributed by atoms with Crippen LogP contribution in [0, 0.1) is 11.6 Å². The molecule has 4 rings (SSSR count). The Kier molecular flexibility index (Phi) is 8.66. The Morgan fingerprint density at radius 1 is 0.973 bits per heavy atom. The number of hydrogen-bond acceptors (Lipinski definition) is 4. The molecule has 2 aromatic carbocycles. The van der Waals surface area contributed by atoms with E-state index < -0.39 is 11.6 Å². The lowest BCUT2D eigenvalue weighted by Gasteiger charge is -2.28. The average Bonchev–Trinajstić information content (AvgIpc) is 3.28. The van der Waals surface area contributed by atoms with E-state index in [1.54, 1.807) is 15.8 Å². The Morgan fingerprint density at radius 3 is 2.43 bits per heavy atom. The molecular weight excluding hydrogens is 476 g/mol. The van der Waals surface area contributed by atoms with Gasteiger partial charge in [-0.25, -0.2) is 8.78 Å². The number of aryl methyl sites for hydroxylation is 2. The lowest BCUT2D eigenvalue weighted by atomic mass is 10.1. The number of carbonyl (C=O) groups is 2. The van der Waals surface area contributed by atoms with E-state index in [1.165, 1.54) is 11.8 Å². The molecule has 0 bridgehead atoms. The standard InChI is InChI=1S/C28H33F2N5O2/c1-21(36)35-14-6-13-33(19-22-7-4-3-5-8-22)15-16-34(20-23-17-25(29)26(30)18-27(23)35)28(37)10-9-24-11-12-31-32(24)2/h3-5,7-8,11-12,17-18H,6,9-10,13-16,19-20H2,1-2H3. The maximum atomic E-state index is 14.3. The van der Waals surface area contributed by atoms with Gasteiger partial charge in [-0.2, -0.15) is 5.10 Å². The fourth-order valence-electron chi connectivity index (χ4n) is 4.77. The van der Waals surface area contributed by atoms with E-state index in [9.17, 15) is 18.4 Å². The minimum Gasteiger partial charge on any atom is -0.337 e. The summed E-state index contributed by atoms with van der Waals surface area (Å²) in [4.78, 5) is 31.4. The zero-order valence-electron chi connectivity index (χ0n) is 21.4. The second-order valence-electron chi connectivity index (χ2n) is 9.44. The van der Waals surface area contributed by atoms with Gasteiger partial charge in [-0.1, -0.05) is 30.3 Å². The zero-order valence-corrected chi connectivity index (χ0v) is 21.4. The molecule has 0 aliphatic carbocycles. The van der Waals surface area contributed by atoms with Crippen molar-refractivity contribution in [3.8, 4) is 0 Å². The van der Waals surface area contributed by atoms with Crippen molar-refractivity contribution in [3.63, 3.8) is 0 Å². The van der Waals surface area contributed by atoms with Crippen LogP contribution in [0.2, 0.25) is 0 Å². The summed E-state index contributed by atoms with van der Waals surface area (Å²) in [7, 11) is 1.83. The van der Waals surface area contributed by atoms with Crippen molar-refractivity contribution in [2.75, 3.05) is 31.1 Å². The van der Waals surface area contributed by atoms with Gasteiger partial charge in [0.05, 0.1) is 5.69 Å². The molecule has 196 valence electrons. The number of rotatable bonds is 5. The number of amides is 2. The fraction of sp³-hybridized carbons (Fsp3) is 0.393. The first kappa shape index (κ1) is 26.5. The van der Waals surface area contributed by atoms with Gasteiger partial charge < -0.3 is 9.80 Å². The summed E-state index contributed by atoms with van der Waals surface area (Å²) >= 11 is 0. The Bertz CT molecular complexity index is 1230. The number of halogens is 2. The second-order valence-corrected chi connectivity index (χ2v) is 9.44. The first-order valence-corrected chi connectivity index (χ1v) is 12.6. The number of anilines is 1. The van der Waals surface area contributed by atoms with Gasteiger partial charge in [-0.05, 0) is 36.1 Å². The van der Waals surface area contributed by atoms with Gasteiger partial charge in [0.25, 0.3) is 0 Å². The van der Waals surface area contributed by atoms with E-state index in [1.807, 2.05) is 31.3 Å². The molecule has 37 heavy (non-hydrogen) atoms. The highest BCUT2D eigenvalue weighted by molar-refractivity contribution is 5.92. The molecule has 0 saturated heterocycles. The molecule has 0 spiro atoms. The number of hydrogen-bond donors (Lipinski definition) is 0. The second kappa shape index (κ2) is 12.1. The van der Waals surface area contributed by atoms with Gasteiger partial charge >= 0.3 is 0 Å². The molecule has 0 N–H and O–H groups in total. The molecule has 3 aromatic rings. The first-order chi connectivity index (χ1) is 17.8. The molecule has 0 fully saturated rings. The molecule has 1 aromatic heterocycles. The summed E-state index contributed by atoms with van der Waals surface area (Å²) in [6, 6.07) is 14.1. The molecule has 0 radical (unpaired) electrons. The topological polar surface area (TPSA) is 61.7 Å². The minimum atomic E-state index is -1.01. The number of nitrogens with zero attached hydrogens (tertiary/aromatic N) is 5. The molecule has 0 atom stereocenters. The van der Waals surface area contributed by atoms with Crippen LogP contribution in [0.5, 0.6) is 0 Å². The Labute approximate surface area is 216 Å². The zero-order chi connectivity index (χ0) is 26.4. The van der Waals surface area contributed by atoms with E-state index in [0.29, 0.717) is 56.8 Å². The predicted octanol–water partition coefficient (Wildman–Crippen LogP) is 3.92. The molecule has 2 amide bonds. The summed E-state index contributed by atoms with van der Waals surface area (Å²) in [6.07, 6.45) is 3.12. The molecule has 9 heteroatoms. The predicted molar refractivity (Wildman–Crippen MR) is 138 cm³/mol. The van der Waals surface area contributed by atoms with Crippen LogP contribution >= 0.6 is 0 Å². The molecular formula is C28H33F2N5O2. The van der Waals surface area contributed by atoms with Crippen molar-refractivity contribution < 1.29 is 18.4 Å². The number of benzene rings is 2. The summed E-state index contributed by atoms with van der Waals surface area (Å²) in [6.45, 7) is 4.31. The van der Waals surface area contributed by atoms with Gasteiger partial charge in [0.2, 0.25) is 11.8 Å². The third-order valence-electron chi connectivity index (χ3n) is 6.82. The normalized spacial score (nSPS) is 15.2. The van der Waals surface area contributed by atoms with Crippen LogP contribution in [0.15, 0.2) is 54.7 Å². The van der Waals surface area contributed by atoms with E-state index in [0.717, 1.165) is 23.4 Å². The number of carbonyl (C=O) groups excluding carboxylic acids is 2. The van der Waals surface area contributed by atoms with E-state index in [2.05, 4.69) is 22.1 Å².